The summed E-state index contributed by atoms with van der Waals surface area (Å²) in [6.07, 6.45) is 2.36. The summed E-state index contributed by atoms with van der Waals surface area (Å²) in [6.45, 7) is 4.73. The third-order valence-corrected chi connectivity index (χ3v) is 3.69. The molecule has 0 spiro atoms. The van der Waals surface area contributed by atoms with Gasteiger partial charge in [0.25, 0.3) is 0 Å². The molecule has 1 aromatic rings. The van der Waals surface area contributed by atoms with E-state index in [9.17, 15) is 4.79 Å². The molecule has 2 aliphatic rings. The maximum atomic E-state index is 11.7. The molecule has 19 heavy (non-hydrogen) atoms. The average Bonchev–Trinajstić information content (AvgIpc) is 3.24. The zero-order valence-electron chi connectivity index (χ0n) is 11.3. The van der Waals surface area contributed by atoms with E-state index >= 15 is 0 Å². The van der Waals surface area contributed by atoms with E-state index in [1.54, 1.807) is 0 Å². The Labute approximate surface area is 113 Å². The molecule has 1 aliphatic carbocycles. The highest BCUT2D eigenvalue weighted by atomic mass is 16.5. The third kappa shape index (κ3) is 3.07. The first-order valence-electron chi connectivity index (χ1n) is 7.00. The van der Waals surface area contributed by atoms with Crippen LogP contribution in [0.5, 0.6) is 0 Å². The number of hydrogen-bond acceptors (Lipinski definition) is 3. The van der Waals surface area contributed by atoms with E-state index in [1.165, 1.54) is 5.69 Å². The lowest BCUT2D eigenvalue weighted by atomic mass is 10.2. The lowest BCUT2D eigenvalue weighted by molar-refractivity contribution is -0.117. The van der Waals surface area contributed by atoms with Crippen LogP contribution >= 0.6 is 0 Å². The van der Waals surface area contributed by atoms with Crippen LogP contribution in [0, 0.1) is 5.92 Å². The number of benzene rings is 1. The predicted octanol–water partition coefficient (Wildman–Crippen LogP) is 2.26. The van der Waals surface area contributed by atoms with Crippen LogP contribution in [0.1, 0.15) is 19.8 Å². The van der Waals surface area contributed by atoms with Crippen LogP contribution in [0.3, 0.4) is 0 Å². The molecule has 3 rings (SSSR count). The van der Waals surface area contributed by atoms with Crippen LogP contribution in [0.25, 0.3) is 0 Å². The molecule has 1 aliphatic heterocycles. The van der Waals surface area contributed by atoms with Gasteiger partial charge in [-0.3, -0.25) is 4.79 Å². The van der Waals surface area contributed by atoms with E-state index in [-0.39, 0.29) is 17.9 Å². The normalized spacial score (nSPS) is 23.2. The summed E-state index contributed by atoms with van der Waals surface area (Å²) in [7, 11) is 0. The van der Waals surface area contributed by atoms with Gasteiger partial charge in [0.15, 0.2) is 0 Å². The van der Waals surface area contributed by atoms with Gasteiger partial charge in [-0.25, -0.2) is 0 Å². The molecule has 1 heterocycles. The summed E-state index contributed by atoms with van der Waals surface area (Å²) in [6, 6.07) is 8.10. The molecule has 0 radical (unpaired) electrons. The highest BCUT2D eigenvalue weighted by Gasteiger charge is 2.29. The van der Waals surface area contributed by atoms with Crippen molar-refractivity contribution in [1.29, 1.82) is 0 Å². The van der Waals surface area contributed by atoms with Crippen molar-refractivity contribution in [1.82, 2.24) is 0 Å². The van der Waals surface area contributed by atoms with Crippen LogP contribution in [-0.4, -0.2) is 31.7 Å². The maximum Gasteiger partial charge on any atom is 0.227 e. The van der Waals surface area contributed by atoms with Crippen molar-refractivity contribution < 1.29 is 9.53 Å². The topological polar surface area (TPSA) is 41.6 Å². The highest BCUT2D eigenvalue weighted by Crippen LogP contribution is 2.30. The molecule has 102 valence electrons. The number of nitrogens with one attached hydrogen (secondary N) is 1. The summed E-state index contributed by atoms with van der Waals surface area (Å²) < 4.78 is 5.54. The standard InChI is InChI=1S/C15H20N2O2/c1-11-10-17(8-9-19-11)14-6-4-13(5-7-14)16-15(18)12-2-3-12/h4-7,11-12H,2-3,8-10H2,1H3,(H,16,18). The number of hydrogen-bond donors (Lipinski definition) is 1. The molecule has 1 saturated carbocycles. The molecule has 2 fully saturated rings. The van der Waals surface area contributed by atoms with E-state index in [2.05, 4.69) is 29.3 Å². The minimum Gasteiger partial charge on any atom is -0.375 e. The van der Waals surface area contributed by atoms with Gasteiger partial charge in [-0.2, -0.15) is 0 Å². The van der Waals surface area contributed by atoms with Crippen LogP contribution in [0.15, 0.2) is 24.3 Å². The van der Waals surface area contributed by atoms with Gasteiger partial charge in [0.05, 0.1) is 12.7 Å². The Kier molecular flexibility index (Phi) is 3.42. The number of carbonyl (C=O) groups is 1. The van der Waals surface area contributed by atoms with Crippen molar-refractivity contribution in [3.63, 3.8) is 0 Å². The SMILES string of the molecule is CC1CN(c2ccc(NC(=O)C3CC3)cc2)CCO1. The first-order valence-corrected chi connectivity index (χ1v) is 7.00. The maximum absolute atomic E-state index is 11.7. The van der Waals surface area contributed by atoms with E-state index in [1.807, 2.05) is 12.1 Å². The molecule has 1 aromatic carbocycles. The Morgan fingerprint density at radius 2 is 2.05 bits per heavy atom. The fraction of sp³-hybridized carbons (Fsp3) is 0.533. The number of amides is 1. The molecule has 1 amide bonds. The van der Waals surface area contributed by atoms with Gasteiger partial charge in [0, 0.05) is 30.4 Å². The summed E-state index contributed by atoms with van der Waals surface area (Å²) in [5, 5.41) is 2.96. The summed E-state index contributed by atoms with van der Waals surface area (Å²) in [5.74, 6) is 0.410. The van der Waals surface area contributed by atoms with Crippen molar-refractivity contribution in [3.05, 3.63) is 24.3 Å². The molecule has 1 atom stereocenters. The Morgan fingerprint density at radius 3 is 2.68 bits per heavy atom. The average molecular weight is 260 g/mol. The molecular weight excluding hydrogens is 240 g/mol. The first kappa shape index (κ1) is 12.5. The van der Waals surface area contributed by atoms with Crippen molar-refractivity contribution in [2.24, 2.45) is 5.92 Å². The molecule has 4 nitrogen and oxygen atoms in total. The molecule has 1 saturated heterocycles. The largest absolute Gasteiger partial charge is 0.375 e. The van der Waals surface area contributed by atoms with Crippen LogP contribution < -0.4 is 10.2 Å². The zero-order chi connectivity index (χ0) is 13.2. The number of nitrogens with zero attached hydrogens (tertiary/aromatic N) is 1. The minimum atomic E-state index is 0.160. The van der Waals surface area contributed by atoms with E-state index in [0.29, 0.717) is 0 Å². The van der Waals surface area contributed by atoms with E-state index in [4.69, 9.17) is 4.74 Å². The lowest BCUT2D eigenvalue weighted by Crippen LogP contribution is -2.41. The van der Waals surface area contributed by atoms with Crippen molar-refractivity contribution >= 4 is 17.3 Å². The highest BCUT2D eigenvalue weighted by molar-refractivity contribution is 5.94. The van der Waals surface area contributed by atoms with Gasteiger partial charge in [-0.15, -0.1) is 0 Å². The molecule has 1 N–H and O–H groups in total. The minimum absolute atomic E-state index is 0.160. The van der Waals surface area contributed by atoms with Gasteiger partial charge < -0.3 is 15.0 Å². The van der Waals surface area contributed by atoms with Gasteiger partial charge in [-0.1, -0.05) is 0 Å². The first-order chi connectivity index (χ1) is 9.22. The molecule has 1 unspecified atom stereocenters. The molecule has 0 aromatic heterocycles. The van der Waals surface area contributed by atoms with Crippen LogP contribution in [0.4, 0.5) is 11.4 Å². The number of morpholine rings is 1. The zero-order valence-corrected chi connectivity index (χ0v) is 11.3. The third-order valence-electron chi connectivity index (χ3n) is 3.69. The quantitative estimate of drug-likeness (QED) is 0.906. The summed E-state index contributed by atoms with van der Waals surface area (Å²) in [4.78, 5) is 14.0. The summed E-state index contributed by atoms with van der Waals surface area (Å²) in [5.41, 5.74) is 2.08. The predicted molar refractivity (Wildman–Crippen MR) is 75.4 cm³/mol. The second-order valence-electron chi connectivity index (χ2n) is 5.44. The molecule has 4 heteroatoms. The second kappa shape index (κ2) is 5.21. The number of rotatable bonds is 3. The lowest BCUT2D eigenvalue weighted by Gasteiger charge is -2.33. The van der Waals surface area contributed by atoms with Gasteiger partial charge in [0.1, 0.15) is 0 Å². The Hall–Kier alpha value is -1.55. The van der Waals surface area contributed by atoms with E-state index in [0.717, 1.165) is 38.2 Å². The Morgan fingerprint density at radius 1 is 1.32 bits per heavy atom. The number of ether oxygens (including phenoxy) is 1. The smallest absolute Gasteiger partial charge is 0.227 e. The van der Waals surface area contributed by atoms with Gasteiger partial charge in [-0.05, 0) is 44.0 Å². The second-order valence-corrected chi connectivity index (χ2v) is 5.44. The van der Waals surface area contributed by atoms with Crippen LogP contribution in [-0.2, 0) is 9.53 Å². The molecule has 0 bridgehead atoms. The monoisotopic (exact) mass is 260 g/mol. The fourth-order valence-corrected chi connectivity index (χ4v) is 2.40. The van der Waals surface area contributed by atoms with Crippen molar-refractivity contribution in [2.75, 3.05) is 29.9 Å². The van der Waals surface area contributed by atoms with E-state index < -0.39 is 0 Å². The Balaban J connectivity index is 1.62. The van der Waals surface area contributed by atoms with Crippen LogP contribution in [0.2, 0.25) is 0 Å². The van der Waals surface area contributed by atoms with Crippen molar-refractivity contribution in [2.45, 2.75) is 25.9 Å². The number of carbonyl (C=O) groups excluding carboxylic acids is 1. The fourth-order valence-electron chi connectivity index (χ4n) is 2.40. The summed E-state index contributed by atoms with van der Waals surface area (Å²) >= 11 is 0. The van der Waals surface area contributed by atoms with Crippen molar-refractivity contribution in [3.8, 4) is 0 Å². The van der Waals surface area contributed by atoms with Gasteiger partial charge >= 0.3 is 0 Å². The Bertz CT molecular complexity index is 454. The molecular formula is C15H20N2O2. The van der Waals surface area contributed by atoms with Gasteiger partial charge in [0.2, 0.25) is 5.91 Å². The number of anilines is 2.